The van der Waals surface area contributed by atoms with Gasteiger partial charge in [-0.25, -0.2) is 27.3 Å². The van der Waals surface area contributed by atoms with E-state index in [1.165, 1.54) is 23.0 Å². The van der Waals surface area contributed by atoms with Gasteiger partial charge >= 0.3 is 0 Å². The van der Waals surface area contributed by atoms with Gasteiger partial charge in [0.1, 0.15) is 23.6 Å². The van der Waals surface area contributed by atoms with Crippen molar-refractivity contribution in [2.75, 3.05) is 16.8 Å². The topological polar surface area (TPSA) is 113 Å². The van der Waals surface area contributed by atoms with Gasteiger partial charge < -0.3 is 5.32 Å². The van der Waals surface area contributed by atoms with Crippen molar-refractivity contribution >= 4 is 26.6 Å². The molecule has 1 fully saturated rings. The van der Waals surface area contributed by atoms with Gasteiger partial charge in [-0.3, -0.25) is 9.36 Å². The van der Waals surface area contributed by atoms with E-state index in [1.807, 2.05) is 0 Å². The van der Waals surface area contributed by atoms with Crippen molar-refractivity contribution in [3.05, 3.63) is 63.5 Å². The number of hydrogen-bond acceptors (Lipinski definition) is 7. The molecular weight excluding hydrogens is 481 g/mol. The largest absolute Gasteiger partial charge is 0.363 e. The van der Waals surface area contributed by atoms with Crippen LogP contribution in [0.5, 0.6) is 0 Å². The highest BCUT2D eigenvalue weighted by atomic mass is 32.2. The van der Waals surface area contributed by atoms with Gasteiger partial charge in [0.15, 0.2) is 0 Å². The van der Waals surface area contributed by atoms with Crippen molar-refractivity contribution in [2.45, 2.75) is 38.2 Å². The van der Waals surface area contributed by atoms with Crippen molar-refractivity contribution in [1.29, 1.82) is 5.26 Å². The molecule has 0 spiro atoms. The first-order valence-corrected chi connectivity index (χ1v) is 12.8. The smallest absolute Gasteiger partial charge is 0.266 e. The molecule has 1 aliphatic heterocycles. The molecule has 1 atom stereocenters. The Hall–Kier alpha value is -3.46. The number of nitrogens with one attached hydrogen (secondary N) is 1. The van der Waals surface area contributed by atoms with Crippen LogP contribution in [0.3, 0.4) is 0 Å². The van der Waals surface area contributed by atoms with Crippen molar-refractivity contribution in [3.63, 3.8) is 0 Å². The molecule has 0 radical (unpaired) electrons. The highest BCUT2D eigenvalue weighted by Gasteiger charge is 2.27. The van der Waals surface area contributed by atoms with Crippen molar-refractivity contribution < 1.29 is 17.4 Å². The molecule has 3 aromatic rings. The minimum absolute atomic E-state index is 0.0582. The number of nitriles is 1. The van der Waals surface area contributed by atoms with E-state index in [4.69, 9.17) is 5.26 Å². The number of fused-ring (bicyclic) bond motifs is 1. The minimum Gasteiger partial charge on any atom is -0.363 e. The van der Waals surface area contributed by atoms with Crippen LogP contribution in [0, 0.1) is 17.3 Å². The number of alkyl halides is 2. The Balaban J connectivity index is 1.72. The first kappa shape index (κ1) is 24.7. The van der Waals surface area contributed by atoms with Crippen LogP contribution >= 0.6 is 0 Å². The van der Waals surface area contributed by atoms with E-state index in [1.54, 1.807) is 26.2 Å². The third-order valence-corrected chi connectivity index (χ3v) is 8.52. The number of rotatable bonds is 5. The van der Waals surface area contributed by atoms with Gasteiger partial charge in [0, 0.05) is 29.7 Å². The van der Waals surface area contributed by atoms with Gasteiger partial charge in [-0.2, -0.15) is 5.26 Å². The van der Waals surface area contributed by atoms with E-state index in [0.29, 0.717) is 35.3 Å². The maximum Gasteiger partial charge on any atom is 0.266 e. The third kappa shape index (κ3) is 4.73. The monoisotopic (exact) mass is 504 g/mol. The van der Waals surface area contributed by atoms with Gasteiger partial charge in [-0.15, -0.1) is 4.36 Å². The average molecular weight is 505 g/mol. The summed E-state index contributed by atoms with van der Waals surface area (Å²) in [5.41, 5.74) is -0.0195. The van der Waals surface area contributed by atoms with Crippen LogP contribution in [0.2, 0.25) is 0 Å². The zero-order chi connectivity index (χ0) is 25.3. The molecule has 4 rings (SSSR count). The second kappa shape index (κ2) is 9.65. The maximum absolute atomic E-state index is 14.7. The first-order chi connectivity index (χ1) is 16.6. The summed E-state index contributed by atoms with van der Waals surface area (Å²) in [6, 6.07) is 4.81. The summed E-state index contributed by atoms with van der Waals surface area (Å²) in [6.07, 6.45) is 0.814. The maximum atomic E-state index is 14.7. The predicted octanol–water partition coefficient (Wildman–Crippen LogP) is 4.40. The van der Waals surface area contributed by atoms with Gasteiger partial charge in [-0.1, -0.05) is 18.2 Å². The fourth-order valence-corrected chi connectivity index (χ4v) is 6.27. The van der Waals surface area contributed by atoms with E-state index in [-0.39, 0.29) is 28.5 Å². The van der Waals surface area contributed by atoms with Crippen LogP contribution in [0.4, 0.5) is 19.0 Å². The van der Waals surface area contributed by atoms with Crippen LogP contribution in [-0.2, 0) is 16.8 Å². The minimum atomic E-state index is -2.94. The molecule has 0 bridgehead atoms. The molecule has 0 unspecified atom stereocenters. The fraction of sp³-hybridized carbons (Fsp3) is 0.391. The zero-order valence-electron chi connectivity index (χ0n) is 19.0. The molecule has 2 aromatic heterocycles. The Labute approximate surface area is 200 Å². The van der Waals surface area contributed by atoms with E-state index >= 15 is 0 Å². The number of nitrogens with zero attached hydrogens (tertiary/aromatic N) is 5. The summed E-state index contributed by atoms with van der Waals surface area (Å²) in [6.45, 7) is 1.63. The Morgan fingerprint density at radius 2 is 1.94 bits per heavy atom. The molecule has 8 nitrogen and oxygen atoms in total. The number of benzene rings is 1. The second-order valence-electron chi connectivity index (χ2n) is 8.49. The lowest BCUT2D eigenvalue weighted by molar-refractivity contribution is 0.146. The number of hydrogen-bond donors (Lipinski definition) is 1. The molecule has 0 aliphatic carbocycles. The fourth-order valence-electron chi connectivity index (χ4n) is 4.43. The molecule has 35 heavy (non-hydrogen) atoms. The normalized spacial score (nSPS) is 21.0. The quantitative estimate of drug-likeness (QED) is 0.515. The van der Waals surface area contributed by atoms with Crippen molar-refractivity contribution in [2.24, 2.45) is 11.4 Å². The molecule has 0 saturated carbocycles. The lowest BCUT2D eigenvalue weighted by Crippen LogP contribution is -2.29. The SMILES string of the molecule is C[C@@H](Nc1ncnc2c1cc(C1CCS(=O)(=NC#N)CC1)c(=O)n2C)c1cccc(C(F)F)c1F. The Morgan fingerprint density at radius 1 is 1.26 bits per heavy atom. The highest BCUT2D eigenvalue weighted by molar-refractivity contribution is 7.93. The van der Waals surface area contributed by atoms with Crippen LogP contribution < -0.4 is 10.9 Å². The van der Waals surface area contributed by atoms with E-state index in [9.17, 15) is 22.2 Å². The van der Waals surface area contributed by atoms with Crippen LogP contribution in [0.25, 0.3) is 11.0 Å². The van der Waals surface area contributed by atoms with Gasteiger partial charge in [-0.05, 0) is 31.7 Å². The summed E-state index contributed by atoms with van der Waals surface area (Å²) in [4.78, 5) is 21.6. The van der Waals surface area contributed by atoms with E-state index < -0.39 is 33.6 Å². The molecule has 184 valence electrons. The van der Waals surface area contributed by atoms with Crippen LogP contribution in [0.15, 0.2) is 39.8 Å². The Morgan fingerprint density at radius 3 is 2.60 bits per heavy atom. The van der Waals surface area contributed by atoms with E-state index in [0.717, 1.165) is 6.07 Å². The number of halogens is 3. The summed E-state index contributed by atoms with van der Waals surface area (Å²) in [5, 5.41) is 12.4. The van der Waals surface area contributed by atoms with Crippen LogP contribution in [-0.4, -0.2) is 30.2 Å². The standard InChI is InChI=1S/C23H23F3N6O2S/c1-13(15-4-3-5-16(19(15)24)20(25)26)31-21-18-10-17(23(33)32(2)22(18)29-12-28-21)14-6-8-35(34,9-7-14)30-11-27/h3-5,10,12-14,20H,6-9H2,1-2H3,(H,28,29,31)/t13-,14?,35?/m1/s1. The Kier molecular flexibility index (Phi) is 6.80. The van der Waals surface area contributed by atoms with Gasteiger partial charge in [0.2, 0.25) is 6.19 Å². The lowest BCUT2D eigenvalue weighted by atomic mass is 9.94. The third-order valence-electron chi connectivity index (χ3n) is 6.36. The summed E-state index contributed by atoms with van der Waals surface area (Å²) < 4.78 is 58.5. The summed E-state index contributed by atoms with van der Waals surface area (Å²) >= 11 is 0. The summed E-state index contributed by atoms with van der Waals surface area (Å²) in [5.74, 6) is -0.408. The average Bonchev–Trinajstić information content (AvgIpc) is 2.82. The van der Waals surface area contributed by atoms with Gasteiger partial charge in [0.25, 0.3) is 12.0 Å². The molecule has 1 aliphatic rings. The number of anilines is 1. The highest BCUT2D eigenvalue weighted by Crippen LogP contribution is 2.33. The zero-order valence-corrected chi connectivity index (χ0v) is 19.9. The van der Waals surface area contributed by atoms with E-state index in [2.05, 4.69) is 19.6 Å². The first-order valence-electron chi connectivity index (χ1n) is 10.9. The van der Waals surface area contributed by atoms with Crippen molar-refractivity contribution in [1.82, 2.24) is 14.5 Å². The van der Waals surface area contributed by atoms with Gasteiger partial charge in [0.05, 0.1) is 26.7 Å². The number of pyridine rings is 1. The molecule has 1 aromatic carbocycles. The molecule has 1 N–H and O–H groups in total. The molecule has 12 heteroatoms. The second-order valence-corrected chi connectivity index (χ2v) is 11.0. The molecule has 0 amide bonds. The Bertz CT molecular complexity index is 1490. The summed E-state index contributed by atoms with van der Waals surface area (Å²) in [7, 11) is -1.01. The van der Waals surface area contributed by atoms with Crippen LogP contribution in [0.1, 0.15) is 54.8 Å². The van der Waals surface area contributed by atoms with Crippen molar-refractivity contribution in [3.8, 4) is 6.19 Å². The molecule has 3 heterocycles. The predicted molar refractivity (Wildman–Crippen MR) is 126 cm³/mol. The number of aryl methyl sites for hydroxylation is 1. The lowest BCUT2D eigenvalue weighted by Gasteiger charge is -2.24. The molecule has 1 saturated heterocycles. The molecular formula is C23H23F3N6O2S. The number of aromatic nitrogens is 3.